The van der Waals surface area contributed by atoms with Gasteiger partial charge in [0.25, 0.3) is 0 Å². The Labute approximate surface area is 100 Å². The van der Waals surface area contributed by atoms with Crippen LogP contribution in [0.4, 0.5) is 0 Å². The highest BCUT2D eigenvalue weighted by atomic mass is 79.9. The van der Waals surface area contributed by atoms with Crippen molar-refractivity contribution in [3.05, 3.63) is 34.3 Å². The van der Waals surface area contributed by atoms with Crippen molar-refractivity contribution in [2.45, 2.75) is 25.2 Å². The van der Waals surface area contributed by atoms with Crippen LogP contribution in [-0.2, 0) is 0 Å². The van der Waals surface area contributed by atoms with Gasteiger partial charge in [-0.3, -0.25) is 0 Å². The lowest BCUT2D eigenvalue weighted by Gasteiger charge is -2.36. The molecule has 0 atom stereocenters. The van der Waals surface area contributed by atoms with E-state index >= 15 is 0 Å². The van der Waals surface area contributed by atoms with E-state index in [0.29, 0.717) is 0 Å². The molecule has 0 amide bonds. The van der Waals surface area contributed by atoms with E-state index in [4.69, 9.17) is 0 Å². The minimum atomic E-state index is 0.810. The molecule has 1 aromatic rings. The molecule has 0 spiro atoms. The van der Waals surface area contributed by atoms with Gasteiger partial charge < -0.3 is 5.32 Å². The van der Waals surface area contributed by atoms with E-state index in [9.17, 15) is 0 Å². The SMILES string of the molecule is CNCCC1CC(c2cccc(Br)c2)C1. The molecule has 1 N–H and O–H groups in total. The molecule has 1 aliphatic rings. The molecule has 0 saturated heterocycles. The van der Waals surface area contributed by atoms with Crippen molar-refractivity contribution in [2.24, 2.45) is 5.92 Å². The summed E-state index contributed by atoms with van der Waals surface area (Å²) in [4.78, 5) is 0. The normalized spacial score (nSPS) is 24.9. The lowest BCUT2D eigenvalue weighted by atomic mass is 9.70. The predicted octanol–water partition coefficient (Wildman–Crippen LogP) is 3.55. The summed E-state index contributed by atoms with van der Waals surface area (Å²) in [6.07, 6.45) is 4.08. The fraction of sp³-hybridized carbons (Fsp3) is 0.538. The number of hydrogen-bond acceptors (Lipinski definition) is 1. The third-order valence-electron chi connectivity index (χ3n) is 3.36. The van der Waals surface area contributed by atoms with Crippen molar-refractivity contribution in [1.82, 2.24) is 5.32 Å². The Hall–Kier alpha value is -0.340. The summed E-state index contributed by atoms with van der Waals surface area (Å²) in [5.41, 5.74) is 1.50. The molecule has 1 aliphatic carbocycles. The summed E-state index contributed by atoms with van der Waals surface area (Å²) >= 11 is 3.53. The van der Waals surface area contributed by atoms with Crippen molar-refractivity contribution in [3.63, 3.8) is 0 Å². The van der Waals surface area contributed by atoms with Gasteiger partial charge in [-0.05, 0) is 62.4 Å². The first-order chi connectivity index (χ1) is 7.29. The minimum absolute atomic E-state index is 0.810. The first-order valence-corrected chi connectivity index (χ1v) is 6.49. The summed E-state index contributed by atoms with van der Waals surface area (Å²) in [6, 6.07) is 8.75. The minimum Gasteiger partial charge on any atom is -0.320 e. The Balaban J connectivity index is 1.84. The van der Waals surface area contributed by atoms with Crippen LogP contribution in [0.2, 0.25) is 0 Å². The van der Waals surface area contributed by atoms with Crippen molar-refractivity contribution >= 4 is 15.9 Å². The first kappa shape index (κ1) is 11.2. The summed E-state index contributed by atoms with van der Waals surface area (Å²) in [5.74, 6) is 1.76. The van der Waals surface area contributed by atoms with Gasteiger partial charge >= 0.3 is 0 Å². The van der Waals surface area contributed by atoms with Crippen LogP contribution in [0.15, 0.2) is 28.7 Å². The summed E-state index contributed by atoms with van der Waals surface area (Å²) < 4.78 is 1.21. The zero-order chi connectivity index (χ0) is 10.7. The van der Waals surface area contributed by atoms with Gasteiger partial charge in [-0.2, -0.15) is 0 Å². The molecule has 0 bridgehead atoms. The maximum atomic E-state index is 3.53. The molecule has 0 heterocycles. The Morgan fingerprint density at radius 2 is 2.20 bits per heavy atom. The topological polar surface area (TPSA) is 12.0 Å². The van der Waals surface area contributed by atoms with Crippen LogP contribution >= 0.6 is 15.9 Å². The van der Waals surface area contributed by atoms with Crippen molar-refractivity contribution < 1.29 is 0 Å². The van der Waals surface area contributed by atoms with Gasteiger partial charge in [0.05, 0.1) is 0 Å². The second-order valence-electron chi connectivity index (χ2n) is 4.48. The van der Waals surface area contributed by atoms with Crippen LogP contribution in [0.5, 0.6) is 0 Å². The Morgan fingerprint density at radius 1 is 1.40 bits per heavy atom. The molecular formula is C13H18BrN. The molecule has 0 aromatic heterocycles. The number of hydrogen-bond donors (Lipinski definition) is 1. The van der Waals surface area contributed by atoms with Crippen LogP contribution in [0, 0.1) is 5.92 Å². The highest BCUT2D eigenvalue weighted by Gasteiger charge is 2.29. The average molecular weight is 268 g/mol. The highest BCUT2D eigenvalue weighted by molar-refractivity contribution is 9.10. The van der Waals surface area contributed by atoms with Gasteiger partial charge in [0, 0.05) is 4.47 Å². The molecule has 1 nitrogen and oxygen atoms in total. The van der Waals surface area contributed by atoms with Gasteiger partial charge in [-0.25, -0.2) is 0 Å². The highest BCUT2D eigenvalue weighted by Crippen LogP contribution is 2.43. The second kappa shape index (κ2) is 5.13. The molecule has 0 aliphatic heterocycles. The average Bonchev–Trinajstić information content (AvgIpc) is 2.16. The van der Waals surface area contributed by atoms with Crippen molar-refractivity contribution in [1.29, 1.82) is 0 Å². The van der Waals surface area contributed by atoms with Gasteiger partial charge in [0.2, 0.25) is 0 Å². The Kier molecular flexibility index (Phi) is 3.81. The number of nitrogens with one attached hydrogen (secondary N) is 1. The smallest absolute Gasteiger partial charge is 0.0178 e. The fourth-order valence-electron chi connectivity index (χ4n) is 2.35. The molecule has 0 radical (unpaired) electrons. The second-order valence-corrected chi connectivity index (χ2v) is 5.40. The fourth-order valence-corrected chi connectivity index (χ4v) is 2.77. The molecule has 2 heteroatoms. The van der Waals surface area contributed by atoms with Crippen LogP contribution in [-0.4, -0.2) is 13.6 Å². The maximum absolute atomic E-state index is 3.53. The molecule has 1 fully saturated rings. The lowest BCUT2D eigenvalue weighted by Crippen LogP contribution is -2.25. The van der Waals surface area contributed by atoms with E-state index in [1.807, 2.05) is 7.05 Å². The molecule has 82 valence electrons. The summed E-state index contributed by atoms with van der Waals surface area (Å²) in [5, 5.41) is 3.22. The summed E-state index contributed by atoms with van der Waals surface area (Å²) in [7, 11) is 2.03. The lowest BCUT2D eigenvalue weighted by molar-refractivity contribution is 0.247. The number of rotatable bonds is 4. The van der Waals surface area contributed by atoms with E-state index in [0.717, 1.165) is 18.4 Å². The van der Waals surface area contributed by atoms with Gasteiger partial charge in [0.1, 0.15) is 0 Å². The van der Waals surface area contributed by atoms with Crippen molar-refractivity contribution in [2.75, 3.05) is 13.6 Å². The largest absolute Gasteiger partial charge is 0.320 e. The maximum Gasteiger partial charge on any atom is 0.0178 e. The standard InChI is InChI=1S/C13H18BrN/c1-15-6-5-10-7-12(8-10)11-3-2-4-13(14)9-11/h2-4,9-10,12,15H,5-8H2,1H3. The van der Waals surface area contributed by atoms with E-state index in [-0.39, 0.29) is 0 Å². The molecule has 1 saturated carbocycles. The summed E-state index contributed by atoms with van der Waals surface area (Å²) in [6.45, 7) is 1.16. The van der Waals surface area contributed by atoms with Crippen LogP contribution in [0.25, 0.3) is 0 Å². The van der Waals surface area contributed by atoms with Gasteiger partial charge in [-0.15, -0.1) is 0 Å². The van der Waals surface area contributed by atoms with E-state index in [1.165, 1.54) is 29.3 Å². The van der Waals surface area contributed by atoms with Gasteiger partial charge in [-0.1, -0.05) is 28.1 Å². The van der Waals surface area contributed by atoms with E-state index in [1.54, 1.807) is 0 Å². The molecular weight excluding hydrogens is 250 g/mol. The Morgan fingerprint density at radius 3 is 2.87 bits per heavy atom. The quantitative estimate of drug-likeness (QED) is 0.880. The number of benzene rings is 1. The van der Waals surface area contributed by atoms with Crippen LogP contribution in [0.3, 0.4) is 0 Å². The number of halogens is 1. The van der Waals surface area contributed by atoms with E-state index in [2.05, 4.69) is 45.5 Å². The Bertz CT molecular complexity index is 318. The van der Waals surface area contributed by atoms with Crippen LogP contribution < -0.4 is 5.32 Å². The van der Waals surface area contributed by atoms with Crippen LogP contribution in [0.1, 0.15) is 30.7 Å². The third kappa shape index (κ3) is 2.82. The molecule has 15 heavy (non-hydrogen) atoms. The zero-order valence-corrected chi connectivity index (χ0v) is 10.8. The zero-order valence-electron chi connectivity index (χ0n) is 9.17. The monoisotopic (exact) mass is 267 g/mol. The van der Waals surface area contributed by atoms with Gasteiger partial charge in [0.15, 0.2) is 0 Å². The molecule has 2 rings (SSSR count). The third-order valence-corrected chi connectivity index (χ3v) is 3.85. The molecule has 1 aromatic carbocycles. The first-order valence-electron chi connectivity index (χ1n) is 5.69. The predicted molar refractivity (Wildman–Crippen MR) is 68.2 cm³/mol. The molecule has 0 unspecified atom stereocenters. The van der Waals surface area contributed by atoms with Crippen molar-refractivity contribution in [3.8, 4) is 0 Å². The van der Waals surface area contributed by atoms with E-state index < -0.39 is 0 Å².